The summed E-state index contributed by atoms with van der Waals surface area (Å²) in [5.74, 6) is 2.38. The van der Waals surface area contributed by atoms with E-state index in [1.165, 1.54) is 11.1 Å². The van der Waals surface area contributed by atoms with Gasteiger partial charge in [-0.3, -0.25) is 4.90 Å². The van der Waals surface area contributed by atoms with Gasteiger partial charge in [0.15, 0.2) is 0 Å². The molecule has 0 aliphatic carbocycles. The summed E-state index contributed by atoms with van der Waals surface area (Å²) in [6, 6.07) is 7.40. The van der Waals surface area contributed by atoms with Gasteiger partial charge in [-0.15, -0.1) is 0 Å². The van der Waals surface area contributed by atoms with Crippen LogP contribution in [0.15, 0.2) is 53.5 Å². The molecule has 2 atom stereocenters. The van der Waals surface area contributed by atoms with Gasteiger partial charge < -0.3 is 14.6 Å². The number of halogens is 1. The average molecular weight is 495 g/mol. The summed E-state index contributed by atoms with van der Waals surface area (Å²) in [5, 5.41) is 9.59. The molecular formula is C23H30INO3. The fourth-order valence-corrected chi connectivity index (χ4v) is 4.27. The highest BCUT2D eigenvalue weighted by atomic mass is 127. The van der Waals surface area contributed by atoms with Crippen molar-refractivity contribution in [2.75, 3.05) is 24.2 Å². The van der Waals surface area contributed by atoms with Gasteiger partial charge in [-0.1, -0.05) is 54.6 Å². The zero-order chi connectivity index (χ0) is 20.1. The number of aromatic hydroxyl groups is 1. The summed E-state index contributed by atoms with van der Waals surface area (Å²) in [5.41, 5.74) is 3.56. The predicted molar refractivity (Wildman–Crippen MR) is 122 cm³/mol. The summed E-state index contributed by atoms with van der Waals surface area (Å²) in [6.07, 6.45) is 6.48. The van der Waals surface area contributed by atoms with Crippen LogP contribution in [-0.2, 0) is 9.47 Å². The minimum Gasteiger partial charge on any atom is -0.508 e. The molecule has 0 saturated carbocycles. The first-order chi connectivity index (χ1) is 13.5. The second-order valence-electron chi connectivity index (χ2n) is 7.56. The molecule has 1 N–H and O–H groups in total. The highest BCUT2D eigenvalue weighted by Crippen LogP contribution is 2.36. The van der Waals surface area contributed by atoms with Crippen LogP contribution in [0, 0.1) is 5.92 Å². The van der Waals surface area contributed by atoms with E-state index in [2.05, 4.69) is 60.4 Å². The van der Waals surface area contributed by atoms with E-state index in [-0.39, 0.29) is 17.8 Å². The van der Waals surface area contributed by atoms with Crippen molar-refractivity contribution >= 4 is 28.2 Å². The third-order valence-electron chi connectivity index (χ3n) is 5.17. The number of hydrogen-bond donors (Lipinski definition) is 1. The Bertz CT molecular complexity index is 767. The molecule has 0 aromatic heterocycles. The second kappa shape index (κ2) is 9.83. The largest absolute Gasteiger partial charge is 0.508 e. The molecule has 0 saturated heterocycles. The Morgan fingerprint density at radius 3 is 2.68 bits per heavy atom. The number of benzene rings is 1. The Morgan fingerprint density at radius 2 is 2.04 bits per heavy atom. The molecule has 0 amide bonds. The maximum atomic E-state index is 9.59. The molecule has 152 valence electrons. The molecule has 4 nitrogen and oxygen atoms in total. The number of rotatable bonds is 6. The zero-order valence-electron chi connectivity index (χ0n) is 17.0. The number of nitrogens with zero attached hydrogens (tertiary/aromatic N) is 1. The molecule has 2 unspecified atom stereocenters. The fraction of sp³-hybridized carbons (Fsp3) is 0.478. The van der Waals surface area contributed by atoms with E-state index < -0.39 is 0 Å². The summed E-state index contributed by atoms with van der Waals surface area (Å²) in [4.78, 5) is 2.32. The standard InChI is InChI=1S/C23H30INO3/c1-4-11-25-14-17(3)22(27-15-25)13-23-16(2)12-20(21(28-23)9-10-24)18-5-7-19(26)8-6-18/h5-8,12-13,16,21,26H,4,9-11,14-15H2,1-3H3/b23-13+. The fourth-order valence-electron chi connectivity index (χ4n) is 3.71. The van der Waals surface area contributed by atoms with Gasteiger partial charge in [-0.25, -0.2) is 0 Å². The summed E-state index contributed by atoms with van der Waals surface area (Å²) >= 11 is 2.40. The zero-order valence-corrected chi connectivity index (χ0v) is 19.1. The lowest BCUT2D eigenvalue weighted by Crippen LogP contribution is -2.33. The van der Waals surface area contributed by atoms with Crippen molar-refractivity contribution in [1.29, 1.82) is 0 Å². The van der Waals surface area contributed by atoms with Crippen molar-refractivity contribution in [1.82, 2.24) is 4.90 Å². The van der Waals surface area contributed by atoms with Crippen LogP contribution in [0.1, 0.15) is 39.2 Å². The maximum absolute atomic E-state index is 9.59. The van der Waals surface area contributed by atoms with Gasteiger partial charge in [0.25, 0.3) is 0 Å². The number of hydrogen-bond acceptors (Lipinski definition) is 4. The van der Waals surface area contributed by atoms with Crippen molar-refractivity contribution in [2.24, 2.45) is 5.92 Å². The minimum absolute atomic E-state index is 0.0185. The summed E-state index contributed by atoms with van der Waals surface area (Å²) < 4.78 is 13.5. The first-order valence-corrected chi connectivity index (χ1v) is 11.5. The minimum atomic E-state index is 0.0185. The van der Waals surface area contributed by atoms with Crippen molar-refractivity contribution < 1.29 is 14.6 Å². The van der Waals surface area contributed by atoms with Crippen LogP contribution in [0.5, 0.6) is 5.75 Å². The molecule has 2 aliphatic rings. The molecule has 5 heteroatoms. The molecule has 28 heavy (non-hydrogen) atoms. The normalized spacial score (nSPS) is 24.7. The van der Waals surface area contributed by atoms with Gasteiger partial charge in [0.05, 0.1) is 0 Å². The van der Waals surface area contributed by atoms with Crippen LogP contribution in [0.3, 0.4) is 0 Å². The van der Waals surface area contributed by atoms with Gasteiger partial charge in [0, 0.05) is 29.5 Å². The van der Waals surface area contributed by atoms with Crippen LogP contribution in [0.25, 0.3) is 5.57 Å². The smallest absolute Gasteiger partial charge is 0.142 e. The van der Waals surface area contributed by atoms with Crippen molar-refractivity contribution in [2.45, 2.75) is 39.7 Å². The number of alkyl halides is 1. The van der Waals surface area contributed by atoms with Crippen LogP contribution in [0.4, 0.5) is 0 Å². The van der Waals surface area contributed by atoms with Crippen molar-refractivity contribution in [3.05, 3.63) is 59.1 Å². The van der Waals surface area contributed by atoms with Gasteiger partial charge in [-0.05, 0) is 48.6 Å². The molecule has 1 aromatic rings. The van der Waals surface area contributed by atoms with Crippen LogP contribution in [-0.4, -0.2) is 40.4 Å². The molecule has 1 aromatic carbocycles. The van der Waals surface area contributed by atoms with Crippen molar-refractivity contribution in [3.8, 4) is 5.75 Å². The Balaban J connectivity index is 1.85. The summed E-state index contributed by atoms with van der Waals surface area (Å²) in [6.45, 7) is 9.15. The lowest BCUT2D eigenvalue weighted by molar-refractivity contribution is 0.0606. The highest BCUT2D eigenvalue weighted by molar-refractivity contribution is 14.1. The topological polar surface area (TPSA) is 41.9 Å². The van der Waals surface area contributed by atoms with E-state index in [4.69, 9.17) is 9.47 Å². The number of ether oxygens (including phenoxy) is 2. The molecule has 0 fully saturated rings. The SMILES string of the molecule is CCCN1COC(/C=C2/OC(CCI)C(c3ccc(O)cc3)=CC2C)=C(C)C1. The lowest BCUT2D eigenvalue weighted by Gasteiger charge is -2.33. The van der Waals surface area contributed by atoms with E-state index in [1.807, 2.05) is 12.1 Å². The van der Waals surface area contributed by atoms with E-state index in [0.29, 0.717) is 6.73 Å². The Hall–Kier alpha value is -1.47. The van der Waals surface area contributed by atoms with Crippen molar-refractivity contribution in [3.63, 3.8) is 0 Å². The molecular weight excluding hydrogens is 465 g/mol. The Kier molecular flexibility index (Phi) is 7.46. The third kappa shape index (κ3) is 5.11. The van der Waals surface area contributed by atoms with Crippen LogP contribution < -0.4 is 0 Å². The molecule has 2 heterocycles. The van der Waals surface area contributed by atoms with E-state index >= 15 is 0 Å². The van der Waals surface area contributed by atoms with E-state index in [9.17, 15) is 5.11 Å². The van der Waals surface area contributed by atoms with Gasteiger partial charge >= 0.3 is 0 Å². The second-order valence-corrected chi connectivity index (χ2v) is 8.64. The lowest BCUT2D eigenvalue weighted by atomic mass is 9.91. The molecule has 2 aliphatic heterocycles. The highest BCUT2D eigenvalue weighted by Gasteiger charge is 2.27. The molecule has 0 spiro atoms. The third-order valence-corrected chi connectivity index (χ3v) is 5.80. The quantitative estimate of drug-likeness (QED) is 0.419. The van der Waals surface area contributed by atoms with Crippen LogP contribution >= 0.6 is 22.6 Å². The Morgan fingerprint density at radius 1 is 1.29 bits per heavy atom. The predicted octanol–water partition coefficient (Wildman–Crippen LogP) is 5.49. The first kappa shape index (κ1) is 21.2. The number of phenols is 1. The van der Waals surface area contributed by atoms with E-state index in [0.717, 1.165) is 47.4 Å². The molecule has 3 rings (SSSR count). The number of phenolic OH excluding ortho intramolecular Hbond substituents is 1. The van der Waals surface area contributed by atoms with Crippen LogP contribution in [0.2, 0.25) is 0 Å². The van der Waals surface area contributed by atoms with Gasteiger partial charge in [-0.2, -0.15) is 0 Å². The molecule has 0 radical (unpaired) electrons. The van der Waals surface area contributed by atoms with Gasteiger partial charge in [0.1, 0.15) is 30.1 Å². The average Bonchev–Trinajstić information content (AvgIpc) is 2.67. The first-order valence-electron chi connectivity index (χ1n) is 10.0. The monoisotopic (exact) mass is 495 g/mol. The Labute approximate surface area is 182 Å². The molecule has 0 bridgehead atoms. The number of allylic oxidation sites excluding steroid dienone is 2. The maximum Gasteiger partial charge on any atom is 0.142 e. The van der Waals surface area contributed by atoms with E-state index in [1.54, 1.807) is 12.1 Å². The summed E-state index contributed by atoms with van der Waals surface area (Å²) in [7, 11) is 0. The van der Waals surface area contributed by atoms with Gasteiger partial charge in [0.2, 0.25) is 0 Å².